The van der Waals surface area contributed by atoms with E-state index in [1.54, 1.807) is 28.6 Å². The van der Waals surface area contributed by atoms with Crippen molar-refractivity contribution in [3.8, 4) is 5.75 Å². The fourth-order valence-electron chi connectivity index (χ4n) is 2.68. The van der Waals surface area contributed by atoms with Crippen molar-refractivity contribution in [1.29, 1.82) is 0 Å². The van der Waals surface area contributed by atoms with Gasteiger partial charge < -0.3 is 15.0 Å². The lowest BCUT2D eigenvalue weighted by Crippen LogP contribution is -2.40. The molecule has 3 rings (SSSR count). The van der Waals surface area contributed by atoms with Crippen LogP contribution in [0, 0.1) is 0 Å². The van der Waals surface area contributed by atoms with Gasteiger partial charge in [-0.05, 0) is 42.3 Å². The van der Waals surface area contributed by atoms with Crippen LogP contribution in [-0.2, 0) is 6.42 Å². The highest BCUT2D eigenvalue weighted by Crippen LogP contribution is 2.23. The smallest absolute Gasteiger partial charge is 0.321 e. The quantitative estimate of drug-likeness (QED) is 0.577. The minimum atomic E-state index is -0.580. The standard InChI is InChI=1S/C18H19N3O4/c22-17(20-24)14-6-7-16-13(12-14)8-9-21(10-11-25-16)18(23)19-15-4-2-1-3-5-15/h1-7,12,24H,8-11H2,(H,19,23)(H,20,22). The topological polar surface area (TPSA) is 90.9 Å². The van der Waals surface area contributed by atoms with Gasteiger partial charge >= 0.3 is 6.03 Å². The highest BCUT2D eigenvalue weighted by molar-refractivity contribution is 5.93. The predicted molar refractivity (Wildman–Crippen MR) is 91.9 cm³/mol. The van der Waals surface area contributed by atoms with Gasteiger partial charge in [-0.2, -0.15) is 0 Å². The normalized spacial score (nSPS) is 13.7. The van der Waals surface area contributed by atoms with E-state index in [1.165, 1.54) is 0 Å². The Hall–Kier alpha value is -3.06. The molecular formula is C18H19N3O4. The molecule has 3 N–H and O–H groups in total. The predicted octanol–water partition coefficient (Wildman–Crippen LogP) is 2.27. The third kappa shape index (κ3) is 4.07. The zero-order valence-electron chi connectivity index (χ0n) is 13.6. The fraction of sp³-hybridized carbons (Fsp3) is 0.222. The van der Waals surface area contributed by atoms with Gasteiger partial charge in [0.2, 0.25) is 0 Å². The zero-order valence-corrected chi connectivity index (χ0v) is 13.6. The molecule has 0 saturated carbocycles. The van der Waals surface area contributed by atoms with Crippen molar-refractivity contribution in [3.05, 3.63) is 59.7 Å². The van der Waals surface area contributed by atoms with Crippen LogP contribution in [-0.4, -0.2) is 41.7 Å². The van der Waals surface area contributed by atoms with E-state index in [9.17, 15) is 9.59 Å². The zero-order chi connectivity index (χ0) is 17.6. The molecule has 0 spiro atoms. The van der Waals surface area contributed by atoms with E-state index in [1.807, 2.05) is 30.3 Å². The Morgan fingerprint density at radius 1 is 1.08 bits per heavy atom. The van der Waals surface area contributed by atoms with Crippen LogP contribution in [0.5, 0.6) is 5.75 Å². The number of amides is 3. The van der Waals surface area contributed by atoms with Crippen molar-refractivity contribution in [2.75, 3.05) is 25.0 Å². The van der Waals surface area contributed by atoms with Crippen molar-refractivity contribution in [2.24, 2.45) is 0 Å². The van der Waals surface area contributed by atoms with E-state index in [-0.39, 0.29) is 6.03 Å². The lowest BCUT2D eigenvalue weighted by Gasteiger charge is -2.26. The molecule has 0 bridgehead atoms. The molecule has 2 aromatic rings. The molecule has 0 atom stereocenters. The van der Waals surface area contributed by atoms with Gasteiger partial charge in [0.05, 0.1) is 6.54 Å². The maximum Gasteiger partial charge on any atom is 0.321 e. The molecule has 3 amide bonds. The number of fused-ring (bicyclic) bond motifs is 1. The average Bonchev–Trinajstić information content (AvgIpc) is 2.62. The van der Waals surface area contributed by atoms with E-state index in [0.29, 0.717) is 37.4 Å². The van der Waals surface area contributed by atoms with Crippen LogP contribution in [0.2, 0.25) is 0 Å². The van der Waals surface area contributed by atoms with Crippen LogP contribution in [0.25, 0.3) is 0 Å². The number of ether oxygens (including phenoxy) is 1. The molecule has 0 fully saturated rings. The number of carbonyl (C=O) groups excluding carboxylic acids is 2. The van der Waals surface area contributed by atoms with Gasteiger partial charge in [-0.15, -0.1) is 0 Å². The van der Waals surface area contributed by atoms with Crippen LogP contribution in [0.4, 0.5) is 10.5 Å². The number of anilines is 1. The van der Waals surface area contributed by atoms with E-state index < -0.39 is 5.91 Å². The number of hydrogen-bond donors (Lipinski definition) is 3. The number of rotatable bonds is 2. The summed E-state index contributed by atoms with van der Waals surface area (Å²) in [6.07, 6.45) is 0.546. The third-order valence-electron chi connectivity index (χ3n) is 4.01. The number of para-hydroxylation sites is 1. The summed E-state index contributed by atoms with van der Waals surface area (Å²) in [6.45, 7) is 1.33. The molecule has 0 aromatic heterocycles. The fourth-order valence-corrected chi connectivity index (χ4v) is 2.68. The molecule has 2 aromatic carbocycles. The Bertz CT molecular complexity index is 764. The number of benzene rings is 2. The molecule has 1 aliphatic heterocycles. The molecule has 25 heavy (non-hydrogen) atoms. The number of nitrogens with zero attached hydrogens (tertiary/aromatic N) is 1. The largest absolute Gasteiger partial charge is 0.491 e. The second-order valence-corrected chi connectivity index (χ2v) is 5.65. The van der Waals surface area contributed by atoms with Crippen molar-refractivity contribution >= 4 is 17.6 Å². The van der Waals surface area contributed by atoms with Gasteiger partial charge in [-0.1, -0.05) is 18.2 Å². The van der Waals surface area contributed by atoms with Crippen LogP contribution in [0.3, 0.4) is 0 Å². The van der Waals surface area contributed by atoms with E-state index >= 15 is 0 Å². The van der Waals surface area contributed by atoms with E-state index in [4.69, 9.17) is 9.94 Å². The van der Waals surface area contributed by atoms with E-state index in [2.05, 4.69) is 5.32 Å². The summed E-state index contributed by atoms with van der Waals surface area (Å²) in [4.78, 5) is 25.7. The second kappa shape index (κ2) is 7.67. The minimum absolute atomic E-state index is 0.192. The number of hydroxylamine groups is 1. The monoisotopic (exact) mass is 341 g/mol. The Balaban J connectivity index is 1.70. The van der Waals surface area contributed by atoms with E-state index in [0.717, 1.165) is 11.3 Å². The van der Waals surface area contributed by atoms with Gasteiger partial charge in [0.1, 0.15) is 12.4 Å². The van der Waals surface area contributed by atoms with Crippen LogP contribution < -0.4 is 15.5 Å². The molecule has 0 radical (unpaired) electrons. The molecule has 1 heterocycles. The summed E-state index contributed by atoms with van der Waals surface area (Å²) in [6, 6.07) is 14.0. The second-order valence-electron chi connectivity index (χ2n) is 5.65. The van der Waals surface area contributed by atoms with Crippen molar-refractivity contribution in [2.45, 2.75) is 6.42 Å². The lowest BCUT2D eigenvalue weighted by atomic mass is 10.1. The Morgan fingerprint density at radius 2 is 1.88 bits per heavy atom. The molecule has 0 aliphatic carbocycles. The Labute approximate surface area is 145 Å². The SMILES string of the molecule is O=C(NO)c1ccc2c(c1)CCN(C(=O)Nc1ccccc1)CCO2. The molecule has 1 aliphatic rings. The van der Waals surface area contributed by atoms with Crippen molar-refractivity contribution in [1.82, 2.24) is 10.4 Å². The summed E-state index contributed by atoms with van der Waals surface area (Å²) in [7, 11) is 0. The first kappa shape index (κ1) is 16.8. The van der Waals surface area contributed by atoms with Gasteiger partial charge in [0, 0.05) is 17.8 Å². The number of urea groups is 1. The first-order chi connectivity index (χ1) is 12.2. The van der Waals surface area contributed by atoms with Crippen molar-refractivity contribution in [3.63, 3.8) is 0 Å². The Morgan fingerprint density at radius 3 is 2.64 bits per heavy atom. The lowest BCUT2D eigenvalue weighted by molar-refractivity contribution is 0.0706. The number of nitrogens with one attached hydrogen (secondary N) is 2. The average molecular weight is 341 g/mol. The molecule has 7 nitrogen and oxygen atoms in total. The summed E-state index contributed by atoms with van der Waals surface area (Å²) >= 11 is 0. The van der Waals surface area contributed by atoms with Gasteiger partial charge in [-0.25, -0.2) is 10.3 Å². The number of carbonyl (C=O) groups is 2. The molecule has 0 saturated heterocycles. The van der Waals surface area contributed by atoms with Crippen LogP contribution in [0.15, 0.2) is 48.5 Å². The first-order valence-electron chi connectivity index (χ1n) is 7.98. The summed E-state index contributed by atoms with van der Waals surface area (Å²) < 4.78 is 5.71. The summed E-state index contributed by atoms with van der Waals surface area (Å²) in [5.41, 5.74) is 3.51. The van der Waals surface area contributed by atoms with Gasteiger partial charge in [-0.3, -0.25) is 10.0 Å². The van der Waals surface area contributed by atoms with Crippen LogP contribution >= 0.6 is 0 Å². The maximum absolute atomic E-state index is 12.4. The molecule has 7 heteroatoms. The van der Waals surface area contributed by atoms with Gasteiger partial charge in [0.25, 0.3) is 5.91 Å². The number of hydrogen-bond acceptors (Lipinski definition) is 4. The molecule has 0 unspecified atom stereocenters. The minimum Gasteiger partial charge on any atom is -0.491 e. The molecule has 130 valence electrons. The maximum atomic E-state index is 12.4. The third-order valence-corrected chi connectivity index (χ3v) is 4.01. The molecular weight excluding hydrogens is 322 g/mol. The van der Waals surface area contributed by atoms with Gasteiger partial charge in [0.15, 0.2) is 0 Å². The summed E-state index contributed by atoms with van der Waals surface area (Å²) in [5.74, 6) is 0.112. The first-order valence-corrected chi connectivity index (χ1v) is 7.98. The summed E-state index contributed by atoms with van der Waals surface area (Å²) in [5, 5.41) is 11.6. The highest BCUT2D eigenvalue weighted by atomic mass is 16.5. The van der Waals surface area contributed by atoms with Crippen molar-refractivity contribution < 1.29 is 19.5 Å². The highest BCUT2D eigenvalue weighted by Gasteiger charge is 2.19. The Kier molecular flexibility index (Phi) is 5.15. The van der Waals surface area contributed by atoms with Crippen LogP contribution in [0.1, 0.15) is 15.9 Å².